The molecule has 1 aromatic carbocycles. The van der Waals surface area contributed by atoms with Gasteiger partial charge in [-0.05, 0) is 36.4 Å². The van der Waals surface area contributed by atoms with Crippen LogP contribution in [0.25, 0.3) is 0 Å². The van der Waals surface area contributed by atoms with Gasteiger partial charge in [0.25, 0.3) is 0 Å². The zero-order valence-corrected chi connectivity index (χ0v) is 18.5. The minimum Gasteiger partial charge on any atom is -0.354 e. The Bertz CT molecular complexity index is 766. The summed E-state index contributed by atoms with van der Waals surface area (Å²) >= 11 is 3.48. The van der Waals surface area contributed by atoms with Crippen molar-refractivity contribution in [2.24, 2.45) is 4.99 Å². The molecule has 1 aliphatic heterocycles. The van der Waals surface area contributed by atoms with Crippen molar-refractivity contribution in [3.8, 4) is 0 Å². The third kappa shape index (κ3) is 5.69. The largest absolute Gasteiger partial charge is 0.354 e. The van der Waals surface area contributed by atoms with Crippen LogP contribution in [-0.2, 0) is 13.1 Å². The third-order valence-electron chi connectivity index (χ3n) is 4.99. The van der Waals surface area contributed by atoms with E-state index in [4.69, 9.17) is 0 Å². The molecule has 1 N–H and O–H groups in total. The Balaban J connectivity index is 1.52. The molecule has 0 spiro atoms. The van der Waals surface area contributed by atoms with E-state index in [1.165, 1.54) is 5.56 Å². The molecule has 1 aromatic heterocycles. The molecule has 3 rings (SSSR count). The van der Waals surface area contributed by atoms with Gasteiger partial charge >= 0.3 is 0 Å². The summed E-state index contributed by atoms with van der Waals surface area (Å²) in [5, 5.41) is 3.43. The number of nitrogens with zero attached hydrogens (tertiary/aromatic N) is 5. The number of nitrogens with one attached hydrogen (secondary N) is 1. The molecule has 0 saturated carbocycles. The average Bonchev–Trinajstić information content (AvgIpc) is 2.71. The lowest BCUT2D eigenvalue weighted by Crippen LogP contribution is -2.44. The van der Waals surface area contributed by atoms with Crippen molar-refractivity contribution in [1.82, 2.24) is 20.1 Å². The van der Waals surface area contributed by atoms with Crippen LogP contribution >= 0.6 is 15.9 Å². The number of pyridine rings is 1. The molecule has 7 heteroatoms. The monoisotopic (exact) mass is 444 g/mol. The third-order valence-corrected chi connectivity index (χ3v) is 5.52. The summed E-state index contributed by atoms with van der Waals surface area (Å²) in [4.78, 5) is 15.9. The molecule has 1 fully saturated rings. The SMILES string of the molecule is CN=C(NCc1ccc(N2CCN(C)CC2)nc1)N(C)Cc1ccc(Br)cc1. The number of benzene rings is 1. The molecular formula is C21H29BrN6. The van der Waals surface area contributed by atoms with Crippen molar-refractivity contribution < 1.29 is 0 Å². The van der Waals surface area contributed by atoms with Gasteiger partial charge in [0.15, 0.2) is 5.96 Å². The van der Waals surface area contributed by atoms with Gasteiger partial charge in [0.05, 0.1) is 0 Å². The fraction of sp³-hybridized carbons (Fsp3) is 0.429. The number of piperazine rings is 1. The quantitative estimate of drug-likeness (QED) is 0.567. The van der Waals surface area contributed by atoms with E-state index in [0.717, 1.165) is 54.5 Å². The van der Waals surface area contributed by atoms with Crippen molar-refractivity contribution in [2.75, 3.05) is 52.2 Å². The number of rotatable bonds is 5. The smallest absolute Gasteiger partial charge is 0.193 e. The Hall–Kier alpha value is -2.12. The van der Waals surface area contributed by atoms with Crippen LogP contribution in [-0.4, -0.2) is 68.1 Å². The number of hydrogen-bond donors (Lipinski definition) is 1. The minimum atomic E-state index is 0.702. The van der Waals surface area contributed by atoms with Crippen LogP contribution in [0.4, 0.5) is 5.82 Å². The van der Waals surface area contributed by atoms with Crippen molar-refractivity contribution >= 4 is 27.7 Å². The van der Waals surface area contributed by atoms with Gasteiger partial charge in [0, 0.05) is 64.0 Å². The molecule has 0 radical (unpaired) electrons. The number of anilines is 1. The fourth-order valence-corrected chi connectivity index (χ4v) is 3.51. The van der Waals surface area contributed by atoms with E-state index < -0.39 is 0 Å². The van der Waals surface area contributed by atoms with Gasteiger partial charge in [-0.2, -0.15) is 0 Å². The average molecular weight is 445 g/mol. The van der Waals surface area contributed by atoms with Crippen LogP contribution in [0, 0.1) is 0 Å². The lowest BCUT2D eigenvalue weighted by Gasteiger charge is -2.33. The van der Waals surface area contributed by atoms with Crippen LogP contribution in [0.15, 0.2) is 52.1 Å². The summed E-state index contributed by atoms with van der Waals surface area (Å²) in [6.07, 6.45) is 1.96. The Labute approximate surface area is 176 Å². The number of hydrogen-bond acceptors (Lipinski definition) is 4. The molecule has 6 nitrogen and oxygen atoms in total. The summed E-state index contributed by atoms with van der Waals surface area (Å²) in [7, 11) is 6.03. The first-order chi connectivity index (χ1) is 13.5. The first kappa shape index (κ1) is 20.6. The van der Waals surface area contributed by atoms with Gasteiger partial charge in [-0.1, -0.05) is 34.1 Å². The number of aromatic nitrogens is 1. The zero-order chi connectivity index (χ0) is 19.9. The van der Waals surface area contributed by atoms with Crippen LogP contribution in [0.2, 0.25) is 0 Å². The number of aliphatic imine (C=N–C) groups is 1. The van der Waals surface area contributed by atoms with Gasteiger partial charge in [-0.25, -0.2) is 4.98 Å². The van der Waals surface area contributed by atoms with Gasteiger partial charge in [0.2, 0.25) is 0 Å². The summed E-state index contributed by atoms with van der Waals surface area (Å²) in [5.41, 5.74) is 2.39. The molecule has 150 valence electrons. The van der Waals surface area contributed by atoms with E-state index in [1.807, 2.05) is 20.3 Å². The number of likely N-dealkylation sites (N-methyl/N-ethyl adjacent to an activating group) is 1. The normalized spacial score (nSPS) is 15.6. The molecule has 2 aromatic rings. The van der Waals surface area contributed by atoms with E-state index in [0.29, 0.717) is 6.54 Å². The van der Waals surface area contributed by atoms with E-state index in [-0.39, 0.29) is 0 Å². The van der Waals surface area contributed by atoms with Crippen LogP contribution in [0.5, 0.6) is 0 Å². The Morgan fingerprint density at radius 2 is 1.79 bits per heavy atom. The molecule has 28 heavy (non-hydrogen) atoms. The Morgan fingerprint density at radius 3 is 2.39 bits per heavy atom. The first-order valence-corrected chi connectivity index (χ1v) is 10.4. The maximum Gasteiger partial charge on any atom is 0.193 e. The first-order valence-electron chi connectivity index (χ1n) is 9.60. The summed E-state index contributed by atoms with van der Waals surface area (Å²) < 4.78 is 1.09. The molecule has 0 unspecified atom stereocenters. The highest BCUT2D eigenvalue weighted by Gasteiger charge is 2.15. The van der Waals surface area contributed by atoms with Crippen molar-refractivity contribution in [1.29, 1.82) is 0 Å². The summed E-state index contributed by atoms with van der Waals surface area (Å²) in [6, 6.07) is 12.6. The van der Waals surface area contributed by atoms with Gasteiger partial charge in [-0.3, -0.25) is 4.99 Å². The second-order valence-corrected chi connectivity index (χ2v) is 8.11. The van der Waals surface area contributed by atoms with Crippen LogP contribution in [0.1, 0.15) is 11.1 Å². The molecule has 1 saturated heterocycles. The van der Waals surface area contributed by atoms with E-state index >= 15 is 0 Å². The lowest BCUT2D eigenvalue weighted by molar-refractivity contribution is 0.312. The van der Waals surface area contributed by atoms with Gasteiger partial charge < -0.3 is 20.0 Å². The number of halogens is 1. The molecular weight excluding hydrogens is 416 g/mol. The zero-order valence-electron chi connectivity index (χ0n) is 16.9. The van der Waals surface area contributed by atoms with E-state index in [1.54, 1.807) is 0 Å². The standard InChI is InChI=1S/C21H29BrN6/c1-23-21(27(3)16-17-4-7-19(22)8-5-17)25-15-18-6-9-20(24-14-18)28-12-10-26(2)11-13-28/h4-9,14H,10-13,15-16H2,1-3H3,(H,23,25). The van der Waals surface area contributed by atoms with E-state index in [9.17, 15) is 0 Å². The topological polar surface area (TPSA) is 47.0 Å². The van der Waals surface area contributed by atoms with Crippen molar-refractivity contribution in [2.45, 2.75) is 13.1 Å². The van der Waals surface area contributed by atoms with E-state index in [2.05, 4.69) is 89.4 Å². The second-order valence-electron chi connectivity index (χ2n) is 7.20. The highest BCUT2D eigenvalue weighted by atomic mass is 79.9. The molecule has 0 bridgehead atoms. The maximum absolute atomic E-state index is 4.66. The Morgan fingerprint density at radius 1 is 1.11 bits per heavy atom. The molecule has 0 aliphatic carbocycles. The van der Waals surface area contributed by atoms with Crippen molar-refractivity contribution in [3.63, 3.8) is 0 Å². The Kier molecular flexibility index (Phi) is 7.28. The second kappa shape index (κ2) is 9.89. The van der Waals surface area contributed by atoms with Crippen LogP contribution < -0.4 is 10.2 Å². The molecule has 2 heterocycles. The lowest BCUT2D eigenvalue weighted by atomic mass is 10.2. The number of guanidine groups is 1. The fourth-order valence-electron chi connectivity index (χ4n) is 3.25. The highest BCUT2D eigenvalue weighted by Crippen LogP contribution is 2.14. The predicted molar refractivity (Wildman–Crippen MR) is 120 cm³/mol. The molecule has 1 aliphatic rings. The molecule has 0 atom stereocenters. The van der Waals surface area contributed by atoms with Gasteiger partial charge in [0.1, 0.15) is 5.82 Å². The summed E-state index contributed by atoms with van der Waals surface area (Å²) in [5.74, 6) is 1.93. The maximum atomic E-state index is 4.66. The minimum absolute atomic E-state index is 0.702. The highest BCUT2D eigenvalue weighted by molar-refractivity contribution is 9.10. The van der Waals surface area contributed by atoms with Crippen molar-refractivity contribution in [3.05, 3.63) is 58.2 Å². The van der Waals surface area contributed by atoms with Gasteiger partial charge in [-0.15, -0.1) is 0 Å². The van der Waals surface area contributed by atoms with Crippen LogP contribution in [0.3, 0.4) is 0 Å². The predicted octanol–water partition coefficient (Wildman–Crippen LogP) is 2.80. The molecule has 0 amide bonds. The summed E-state index contributed by atoms with van der Waals surface area (Å²) in [6.45, 7) is 5.75.